The van der Waals surface area contributed by atoms with Crippen LogP contribution in [-0.2, 0) is 19.1 Å². The average molecular weight is 408 g/mol. The van der Waals surface area contributed by atoms with E-state index in [1.807, 2.05) is 32.0 Å². The van der Waals surface area contributed by atoms with Gasteiger partial charge in [0.15, 0.2) is 12.4 Å². The number of carbonyl (C=O) groups is 4. The third-order valence-electron chi connectivity index (χ3n) is 5.03. The van der Waals surface area contributed by atoms with Crippen molar-refractivity contribution in [2.45, 2.75) is 27.2 Å². The van der Waals surface area contributed by atoms with Gasteiger partial charge in [-0.15, -0.1) is 0 Å². The van der Waals surface area contributed by atoms with E-state index in [2.05, 4.69) is 5.32 Å². The summed E-state index contributed by atoms with van der Waals surface area (Å²) in [7, 11) is 0. The van der Waals surface area contributed by atoms with E-state index in [0.717, 1.165) is 16.8 Å². The number of esters is 1. The first-order chi connectivity index (χ1) is 14.2. The van der Waals surface area contributed by atoms with Gasteiger partial charge < -0.3 is 15.0 Å². The van der Waals surface area contributed by atoms with Crippen LogP contribution in [0.3, 0.4) is 0 Å². The van der Waals surface area contributed by atoms with Gasteiger partial charge in [0.05, 0.1) is 5.92 Å². The third kappa shape index (κ3) is 4.92. The minimum absolute atomic E-state index is 0.0559. The van der Waals surface area contributed by atoms with Gasteiger partial charge in [0.2, 0.25) is 5.91 Å². The maximum absolute atomic E-state index is 12.4. The molecule has 1 saturated heterocycles. The van der Waals surface area contributed by atoms with Gasteiger partial charge in [-0.1, -0.05) is 12.1 Å². The number of ether oxygens (including phenoxy) is 1. The van der Waals surface area contributed by atoms with E-state index in [-0.39, 0.29) is 24.7 Å². The number of anilines is 2. The molecule has 1 fully saturated rings. The molecule has 30 heavy (non-hydrogen) atoms. The second kappa shape index (κ2) is 8.90. The highest BCUT2D eigenvalue weighted by Crippen LogP contribution is 2.29. The minimum atomic E-state index is -0.611. The molecule has 0 saturated carbocycles. The number of nitrogens with one attached hydrogen (secondary N) is 1. The van der Waals surface area contributed by atoms with Crippen LogP contribution in [0.15, 0.2) is 42.5 Å². The van der Waals surface area contributed by atoms with E-state index in [4.69, 9.17) is 4.74 Å². The van der Waals surface area contributed by atoms with Gasteiger partial charge in [-0.2, -0.15) is 0 Å². The summed E-state index contributed by atoms with van der Waals surface area (Å²) in [6.07, 6.45) is 0.0559. The Morgan fingerprint density at radius 1 is 1.10 bits per heavy atom. The van der Waals surface area contributed by atoms with Crippen LogP contribution in [0.5, 0.6) is 0 Å². The number of benzene rings is 2. The van der Waals surface area contributed by atoms with Crippen LogP contribution < -0.4 is 10.2 Å². The second-order valence-corrected chi connectivity index (χ2v) is 7.48. The number of hydrogen-bond donors (Lipinski definition) is 1. The summed E-state index contributed by atoms with van der Waals surface area (Å²) in [5, 5.41) is 2.61. The van der Waals surface area contributed by atoms with Crippen LogP contribution in [0.25, 0.3) is 0 Å². The first-order valence-corrected chi connectivity index (χ1v) is 9.69. The lowest BCUT2D eigenvalue weighted by atomic mass is 10.1. The Hall–Kier alpha value is -3.48. The summed E-state index contributed by atoms with van der Waals surface area (Å²) >= 11 is 0. The van der Waals surface area contributed by atoms with Crippen LogP contribution in [-0.4, -0.2) is 36.7 Å². The highest BCUT2D eigenvalue weighted by atomic mass is 16.5. The van der Waals surface area contributed by atoms with Crippen molar-refractivity contribution in [3.05, 3.63) is 59.2 Å². The van der Waals surface area contributed by atoms with Gasteiger partial charge in [-0.05, 0) is 62.2 Å². The van der Waals surface area contributed by atoms with Crippen molar-refractivity contribution in [3.63, 3.8) is 0 Å². The van der Waals surface area contributed by atoms with Crippen molar-refractivity contribution in [2.24, 2.45) is 5.92 Å². The Morgan fingerprint density at radius 3 is 2.47 bits per heavy atom. The average Bonchev–Trinajstić information content (AvgIpc) is 3.10. The number of hydrogen-bond acceptors (Lipinski definition) is 5. The van der Waals surface area contributed by atoms with Gasteiger partial charge in [-0.25, -0.2) is 0 Å². The van der Waals surface area contributed by atoms with E-state index in [0.29, 0.717) is 11.3 Å². The van der Waals surface area contributed by atoms with E-state index in [9.17, 15) is 19.2 Å². The number of aryl methyl sites for hydroxylation is 2. The predicted molar refractivity (Wildman–Crippen MR) is 112 cm³/mol. The molecule has 0 radical (unpaired) electrons. The third-order valence-corrected chi connectivity index (χ3v) is 5.03. The van der Waals surface area contributed by atoms with E-state index in [1.165, 1.54) is 6.92 Å². The lowest BCUT2D eigenvalue weighted by Gasteiger charge is -2.19. The summed E-state index contributed by atoms with van der Waals surface area (Å²) < 4.78 is 5.12. The maximum atomic E-state index is 12.4. The van der Waals surface area contributed by atoms with Crippen molar-refractivity contribution in [2.75, 3.05) is 23.4 Å². The van der Waals surface area contributed by atoms with Crippen molar-refractivity contribution in [1.29, 1.82) is 0 Å². The molecule has 1 aliphatic rings. The molecule has 2 aromatic rings. The molecule has 1 heterocycles. The molecular formula is C23H24N2O5. The maximum Gasteiger partial charge on any atom is 0.311 e. The van der Waals surface area contributed by atoms with Crippen molar-refractivity contribution >= 4 is 34.9 Å². The molecule has 7 heteroatoms. The number of rotatable bonds is 6. The molecule has 0 spiro atoms. The van der Waals surface area contributed by atoms with E-state index < -0.39 is 24.4 Å². The van der Waals surface area contributed by atoms with Gasteiger partial charge in [-0.3, -0.25) is 19.2 Å². The Labute approximate surface area is 175 Å². The molecule has 3 rings (SSSR count). The quantitative estimate of drug-likeness (QED) is 0.586. The highest BCUT2D eigenvalue weighted by Gasteiger charge is 2.36. The first-order valence-electron chi connectivity index (χ1n) is 9.69. The monoisotopic (exact) mass is 408 g/mol. The van der Waals surface area contributed by atoms with Crippen LogP contribution in [0.2, 0.25) is 0 Å². The Morgan fingerprint density at radius 2 is 1.80 bits per heavy atom. The summed E-state index contributed by atoms with van der Waals surface area (Å²) in [6, 6.07) is 12.3. The van der Waals surface area contributed by atoms with Crippen LogP contribution >= 0.6 is 0 Å². The topological polar surface area (TPSA) is 92.8 Å². The van der Waals surface area contributed by atoms with Crippen LogP contribution in [0.1, 0.15) is 34.8 Å². The molecule has 2 amide bonds. The van der Waals surface area contributed by atoms with Crippen LogP contribution in [0.4, 0.5) is 11.4 Å². The van der Waals surface area contributed by atoms with Crippen molar-refractivity contribution < 1.29 is 23.9 Å². The molecule has 0 aromatic heterocycles. The van der Waals surface area contributed by atoms with Crippen LogP contribution in [0, 0.1) is 19.8 Å². The molecule has 0 unspecified atom stereocenters. The Balaban J connectivity index is 1.53. The minimum Gasteiger partial charge on any atom is -0.455 e. The SMILES string of the molecule is CC(=O)c1ccc(NC(=O)COC(=O)[C@H]2CC(=O)N(c3cc(C)ccc3C)C2)cc1. The van der Waals surface area contributed by atoms with Gasteiger partial charge in [0, 0.05) is 29.9 Å². The normalized spacial score (nSPS) is 15.8. The van der Waals surface area contributed by atoms with E-state index in [1.54, 1.807) is 29.2 Å². The van der Waals surface area contributed by atoms with Gasteiger partial charge >= 0.3 is 5.97 Å². The summed E-state index contributed by atoms with van der Waals surface area (Å²) in [5.41, 5.74) is 3.82. The number of carbonyl (C=O) groups excluding carboxylic acids is 4. The predicted octanol–water partition coefficient (Wildman–Crippen LogP) is 3.04. The van der Waals surface area contributed by atoms with Gasteiger partial charge in [0.25, 0.3) is 5.91 Å². The zero-order chi connectivity index (χ0) is 21.8. The molecule has 1 atom stereocenters. The van der Waals surface area contributed by atoms with Gasteiger partial charge in [0.1, 0.15) is 0 Å². The second-order valence-electron chi connectivity index (χ2n) is 7.48. The van der Waals surface area contributed by atoms with Crippen molar-refractivity contribution in [1.82, 2.24) is 0 Å². The summed E-state index contributed by atoms with van der Waals surface area (Å²) in [5.74, 6) is -1.88. The fourth-order valence-corrected chi connectivity index (χ4v) is 3.35. The molecular weight excluding hydrogens is 384 g/mol. The first kappa shape index (κ1) is 21.2. The number of Topliss-reactive ketones (excluding diaryl/α,β-unsaturated/α-hetero) is 1. The molecule has 7 nitrogen and oxygen atoms in total. The largest absolute Gasteiger partial charge is 0.455 e. The smallest absolute Gasteiger partial charge is 0.311 e. The standard InChI is InChI=1S/C23H24N2O5/c1-14-4-5-15(2)20(10-14)25-12-18(11-22(25)28)23(29)30-13-21(27)24-19-8-6-17(7-9-19)16(3)26/h4-10,18H,11-13H2,1-3H3,(H,24,27)/t18-/m0/s1. The lowest BCUT2D eigenvalue weighted by molar-refractivity contribution is -0.151. The molecule has 2 aromatic carbocycles. The number of nitrogens with zero attached hydrogens (tertiary/aromatic N) is 1. The summed E-state index contributed by atoms with van der Waals surface area (Å²) in [4.78, 5) is 49.7. The van der Waals surface area contributed by atoms with E-state index >= 15 is 0 Å². The molecule has 156 valence electrons. The summed E-state index contributed by atoms with van der Waals surface area (Å²) in [6.45, 7) is 5.11. The highest BCUT2D eigenvalue weighted by molar-refractivity contribution is 6.00. The molecule has 1 N–H and O–H groups in total. The number of ketones is 1. The van der Waals surface area contributed by atoms with Crippen molar-refractivity contribution in [3.8, 4) is 0 Å². The fraction of sp³-hybridized carbons (Fsp3) is 0.304. The fourth-order valence-electron chi connectivity index (χ4n) is 3.35. The zero-order valence-corrected chi connectivity index (χ0v) is 17.2. The Bertz CT molecular complexity index is 997. The zero-order valence-electron chi connectivity index (χ0n) is 17.2. The molecule has 0 bridgehead atoms. The molecule has 1 aliphatic heterocycles. The Kier molecular flexibility index (Phi) is 6.30. The number of amides is 2. The molecule has 0 aliphatic carbocycles. The lowest BCUT2D eigenvalue weighted by Crippen LogP contribution is -2.28.